The molecule has 0 aromatic heterocycles. The summed E-state index contributed by atoms with van der Waals surface area (Å²) in [6.07, 6.45) is 2.41. The molecule has 0 bridgehead atoms. The molecule has 7 heteroatoms. The van der Waals surface area contributed by atoms with Crippen LogP contribution in [-0.4, -0.2) is 25.5 Å². The van der Waals surface area contributed by atoms with E-state index in [1.807, 2.05) is 33.8 Å². The molecule has 1 aromatic rings. The lowest BCUT2D eigenvalue weighted by Crippen LogP contribution is -2.07. The Kier molecular flexibility index (Phi) is 10.1. The van der Waals surface area contributed by atoms with Crippen molar-refractivity contribution in [2.24, 2.45) is 5.16 Å². The van der Waals surface area contributed by atoms with E-state index in [2.05, 4.69) is 37.0 Å². The van der Waals surface area contributed by atoms with E-state index >= 15 is 0 Å². The Morgan fingerprint density at radius 3 is 2.52 bits per heavy atom. The zero-order valence-corrected chi connectivity index (χ0v) is 18.1. The highest BCUT2D eigenvalue weighted by molar-refractivity contribution is 9.28. The average molecular weight is 481 g/mol. The van der Waals surface area contributed by atoms with Gasteiger partial charge in [-0.3, -0.25) is 0 Å². The first-order chi connectivity index (χ1) is 11.8. The lowest BCUT2D eigenvalue weighted by Gasteiger charge is -2.16. The van der Waals surface area contributed by atoms with Gasteiger partial charge >= 0.3 is 0 Å². The van der Waals surface area contributed by atoms with Gasteiger partial charge in [-0.2, -0.15) is 0 Å². The smallest absolute Gasteiger partial charge is 0.169 e. The van der Waals surface area contributed by atoms with Gasteiger partial charge in [0.25, 0.3) is 0 Å². The number of rotatable bonds is 10. The van der Waals surface area contributed by atoms with E-state index < -0.39 is 5.82 Å². The second-order valence-corrected chi connectivity index (χ2v) is 8.63. The molecule has 0 amide bonds. The lowest BCUT2D eigenvalue weighted by atomic mass is 10.0. The van der Waals surface area contributed by atoms with Crippen LogP contribution in [0.2, 0.25) is 0 Å². The van der Waals surface area contributed by atoms with Gasteiger partial charge in [0.15, 0.2) is 11.6 Å². The minimum atomic E-state index is -0.425. The van der Waals surface area contributed by atoms with E-state index in [0.717, 1.165) is 14.7 Å². The summed E-state index contributed by atoms with van der Waals surface area (Å²) in [6, 6.07) is 3.17. The number of oxime groups is 1. The average Bonchev–Trinajstić information content (AvgIpc) is 2.51. The van der Waals surface area contributed by atoms with Crippen molar-refractivity contribution in [1.29, 1.82) is 0 Å². The monoisotopic (exact) mass is 479 g/mol. The van der Waals surface area contributed by atoms with Crippen LogP contribution in [0.5, 0.6) is 11.5 Å². The molecule has 0 radical (unpaired) electrons. The van der Waals surface area contributed by atoms with Crippen LogP contribution in [0.3, 0.4) is 0 Å². The van der Waals surface area contributed by atoms with Crippen molar-refractivity contribution in [3.63, 3.8) is 0 Å². The third-order valence-electron chi connectivity index (χ3n) is 3.03. The topological polar surface area (TPSA) is 40.0 Å². The van der Waals surface area contributed by atoms with Crippen molar-refractivity contribution in [3.8, 4) is 11.5 Å². The highest BCUT2D eigenvalue weighted by Gasteiger charge is 2.16. The Hall–Kier alpha value is -1.08. The second-order valence-electron chi connectivity index (χ2n) is 5.86. The van der Waals surface area contributed by atoms with Crippen molar-refractivity contribution >= 4 is 37.6 Å². The van der Waals surface area contributed by atoms with Crippen LogP contribution >= 0.6 is 31.9 Å². The molecule has 0 saturated heterocycles. The van der Waals surface area contributed by atoms with Gasteiger partial charge in [0.1, 0.15) is 19.0 Å². The first kappa shape index (κ1) is 22.0. The summed E-state index contributed by atoms with van der Waals surface area (Å²) in [5.41, 5.74) is 1.63. The van der Waals surface area contributed by atoms with Crippen LogP contribution in [0.1, 0.15) is 45.6 Å². The van der Waals surface area contributed by atoms with Gasteiger partial charge in [-0.25, -0.2) is 4.39 Å². The van der Waals surface area contributed by atoms with Gasteiger partial charge in [-0.15, -0.1) is 0 Å². The first-order valence-corrected chi connectivity index (χ1v) is 9.63. The summed E-state index contributed by atoms with van der Waals surface area (Å²) >= 11 is 6.50. The number of benzene rings is 1. The fourth-order valence-electron chi connectivity index (χ4n) is 1.93. The summed E-state index contributed by atoms with van der Waals surface area (Å²) in [7, 11) is 0. The lowest BCUT2D eigenvalue weighted by molar-refractivity contribution is 0.126. The fraction of sp³-hybridized carbons (Fsp3) is 0.500. The molecule has 0 spiro atoms. The van der Waals surface area contributed by atoms with E-state index in [4.69, 9.17) is 14.3 Å². The SMILES string of the molecule is CC(C)=NOCCCOc1c(F)cc(OCC=C(Br)Br)cc1C(C)C. The third-order valence-corrected chi connectivity index (χ3v) is 3.68. The van der Waals surface area contributed by atoms with Gasteiger partial charge in [-0.1, -0.05) is 19.0 Å². The third kappa shape index (κ3) is 8.72. The molecule has 0 aliphatic rings. The molecule has 0 heterocycles. The van der Waals surface area contributed by atoms with Crippen LogP contribution in [0.15, 0.2) is 26.8 Å². The molecule has 25 heavy (non-hydrogen) atoms. The molecule has 0 N–H and O–H groups in total. The van der Waals surface area contributed by atoms with E-state index in [1.165, 1.54) is 6.07 Å². The zero-order chi connectivity index (χ0) is 18.8. The van der Waals surface area contributed by atoms with Crippen LogP contribution < -0.4 is 9.47 Å². The predicted molar refractivity (Wildman–Crippen MR) is 107 cm³/mol. The van der Waals surface area contributed by atoms with Crippen molar-refractivity contribution < 1.29 is 18.7 Å². The maximum atomic E-state index is 14.4. The van der Waals surface area contributed by atoms with Gasteiger partial charge in [0.05, 0.1) is 15.7 Å². The molecule has 0 saturated carbocycles. The van der Waals surface area contributed by atoms with E-state index in [1.54, 1.807) is 6.08 Å². The molecule has 0 atom stereocenters. The Bertz CT molecular complexity index is 611. The highest BCUT2D eigenvalue weighted by Crippen LogP contribution is 2.33. The molecular weight excluding hydrogens is 457 g/mol. The summed E-state index contributed by atoms with van der Waals surface area (Å²) in [5.74, 6) is 0.429. The molecular formula is C18H24Br2FNO3. The number of nitrogens with zero attached hydrogens (tertiary/aromatic N) is 1. The highest BCUT2D eigenvalue weighted by atomic mass is 79.9. The van der Waals surface area contributed by atoms with Gasteiger partial charge < -0.3 is 14.3 Å². The van der Waals surface area contributed by atoms with Crippen LogP contribution in [0.4, 0.5) is 4.39 Å². The van der Waals surface area contributed by atoms with Crippen molar-refractivity contribution in [2.45, 2.75) is 40.0 Å². The second kappa shape index (κ2) is 11.5. The normalized spacial score (nSPS) is 10.4. The molecule has 4 nitrogen and oxygen atoms in total. The number of ether oxygens (including phenoxy) is 2. The van der Waals surface area contributed by atoms with E-state index in [9.17, 15) is 4.39 Å². The summed E-state index contributed by atoms with van der Waals surface area (Å²) in [4.78, 5) is 5.10. The fourth-order valence-corrected chi connectivity index (χ4v) is 2.19. The van der Waals surface area contributed by atoms with Gasteiger partial charge in [0, 0.05) is 18.1 Å². The molecule has 1 rings (SSSR count). The minimum Gasteiger partial charge on any atom is -0.490 e. The Morgan fingerprint density at radius 2 is 1.92 bits per heavy atom. The zero-order valence-electron chi connectivity index (χ0n) is 14.9. The number of hydrogen-bond acceptors (Lipinski definition) is 4. The van der Waals surface area contributed by atoms with E-state index in [0.29, 0.717) is 32.0 Å². The first-order valence-electron chi connectivity index (χ1n) is 8.04. The van der Waals surface area contributed by atoms with Crippen molar-refractivity contribution in [1.82, 2.24) is 0 Å². The van der Waals surface area contributed by atoms with Crippen LogP contribution in [-0.2, 0) is 4.84 Å². The number of halogens is 3. The van der Waals surface area contributed by atoms with Gasteiger partial charge in [0.2, 0.25) is 0 Å². The molecule has 0 aliphatic carbocycles. The Balaban J connectivity index is 2.71. The number of hydrogen-bond donors (Lipinski definition) is 0. The Morgan fingerprint density at radius 1 is 1.20 bits per heavy atom. The molecule has 0 unspecified atom stereocenters. The summed E-state index contributed by atoms with van der Waals surface area (Å²) < 4.78 is 26.4. The van der Waals surface area contributed by atoms with E-state index in [-0.39, 0.29) is 11.7 Å². The maximum Gasteiger partial charge on any atom is 0.169 e. The quantitative estimate of drug-likeness (QED) is 0.229. The maximum absolute atomic E-state index is 14.4. The summed E-state index contributed by atoms with van der Waals surface area (Å²) in [5, 5.41) is 3.84. The minimum absolute atomic E-state index is 0.107. The molecule has 0 aliphatic heterocycles. The Labute approximate surface area is 165 Å². The van der Waals surface area contributed by atoms with Crippen molar-refractivity contribution in [2.75, 3.05) is 19.8 Å². The predicted octanol–water partition coefficient (Wildman–Crippen LogP) is 6.14. The van der Waals surface area contributed by atoms with Gasteiger partial charge in [-0.05, 0) is 63.8 Å². The molecule has 140 valence electrons. The summed E-state index contributed by atoms with van der Waals surface area (Å²) in [6.45, 7) is 8.81. The van der Waals surface area contributed by atoms with Crippen LogP contribution in [0.25, 0.3) is 0 Å². The van der Waals surface area contributed by atoms with Crippen molar-refractivity contribution in [3.05, 3.63) is 33.0 Å². The molecule has 0 fully saturated rings. The molecule has 1 aromatic carbocycles. The standard InChI is InChI=1S/C18H24Br2FNO3/c1-12(2)15-10-14(23-9-6-17(19)20)11-16(21)18(15)24-7-5-8-25-22-13(3)4/h6,10-12H,5,7-9H2,1-4H3. The largest absolute Gasteiger partial charge is 0.490 e. The van der Waals surface area contributed by atoms with Crippen LogP contribution in [0, 0.1) is 5.82 Å².